The van der Waals surface area contributed by atoms with E-state index in [4.69, 9.17) is 23.7 Å². The standard InChI is InChI=1S/C49H76N2O12/c1-11-35(45(57)51-50-44(56)33-15-17-34(52)18-16-33)37-19-14-27(4)42(60-37)31(8)40(54)30(7)41(55)36(12-2)43-28(5)26-29(6)48(61-43)23-20-38(53)49(63-48)25-24-46(10,62-49)39-21-22-47(58,13-3)32(9)59-39/h15-18,20,23,27-32,35-40,42-43,52-54,58H,11-14,19,21-22,24-26H2,1-10H3,(H,50,56)(H,51,57)/t27?,28-,29+,30-,31-,32-,35+,36-,37+,38+,39+,40+,42+,43-,46-,47+,48-,49-/m0/s1. The highest BCUT2D eigenvalue weighted by Gasteiger charge is 2.63. The second-order valence-corrected chi connectivity index (χ2v) is 20.1. The van der Waals surface area contributed by atoms with Crippen molar-refractivity contribution in [3.05, 3.63) is 42.0 Å². The number of phenolic OH excluding ortho intramolecular Hbond substituents is 1. The summed E-state index contributed by atoms with van der Waals surface area (Å²) in [5, 5.41) is 44.1. The van der Waals surface area contributed by atoms with Gasteiger partial charge < -0.3 is 44.1 Å². The maximum absolute atomic E-state index is 14.7. The van der Waals surface area contributed by atoms with Gasteiger partial charge in [0.25, 0.3) is 5.91 Å². The monoisotopic (exact) mass is 885 g/mol. The molecular formula is C49H76N2O12. The number of rotatable bonds is 13. The third kappa shape index (κ3) is 9.80. The molecule has 2 amide bonds. The Bertz CT molecular complexity index is 1790. The van der Waals surface area contributed by atoms with Crippen LogP contribution in [-0.2, 0) is 33.3 Å². The fourth-order valence-corrected chi connectivity index (χ4v) is 11.4. The van der Waals surface area contributed by atoms with E-state index in [9.17, 15) is 34.8 Å². The molecule has 14 heteroatoms. The van der Waals surface area contributed by atoms with Gasteiger partial charge in [-0.25, -0.2) is 0 Å². The first-order valence-corrected chi connectivity index (χ1v) is 23.8. The van der Waals surface area contributed by atoms with Gasteiger partial charge in [-0.2, -0.15) is 0 Å². The topological polar surface area (TPSA) is 202 Å². The van der Waals surface area contributed by atoms with Crippen molar-refractivity contribution in [2.75, 3.05) is 0 Å². The van der Waals surface area contributed by atoms with Crippen LogP contribution < -0.4 is 10.9 Å². The van der Waals surface area contributed by atoms with Gasteiger partial charge in [0.1, 0.15) is 17.6 Å². The molecule has 1 aromatic rings. The van der Waals surface area contributed by atoms with Crippen molar-refractivity contribution in [2.24, 2.45) is 41.4 Å². The number of amides is 2. The number of aliphatic hydroxyl groups excluding tert-OH is 2. The Morgan fingerprint density at radius 1 is 0.857 bits per heavy atom. The highest BCUT2D eigenvalue weighted by Crippen LogP contribution is 2.54. The Labute approximate surface area is 374 Å². The van der Waals surface area contributed by atoms with Crippen LogP contribution in [0.2, 0.25) is 0 Å². The van der Waals surface area contributed by atoms with E-state index in [-0.39, 0.29) is 53.0 Å². The van der Waals surface area contributed by atoms with E-state index in [0.717, 1.165) is 6.42 Å². The number of carbonyl (C=O) groups excluding carboxylic acids is 3. The summed E-state index contributed by atoms with van der Waals surface area (Å²) in [4.78, 5) is 40.7. The molecule has 2 spiro atoms. The Kier molecular flexibility index (Phi) is 15.3. The third-order valence-corrected chi connectivity index (χ3v) is 15.9. The van der Waals surface area contributed by atoms with E-state index in [1.54, 1.807) is 19.1 Å². The molecule has 5 aliphatic heterocycles. The lowest BCUT2D eigenvalue weighted by Crippen LogP contribution is -2.63. The lowest BCUT2D eigenvalue weighted by Gasteiger charge is -2.54. The molecule has 0 aliphatic carbocycles. The molecule has 0 aromatic heterocycles. The van der Waals surface area contributed by atoms with Gasteiger partial charge in [-0.15, -0.1) is 0 Å². The van der Waals surface area contributed by atoms with Gasteiger partial charge in [0.15, 0.2) is 5.79 Å². The van der Waals surface area contributed by atoms with Crippen molar-refractivity contribution in [1.29, 1.82) is 0 Å². The number of carbonyl (C=O) groups is 3. The normalized spacial score (nSPS) is 40.5. The van der Waals surface area contributed by atoms with Gasteiger partial charge in [0.05, 0.1) is 53.7 Å². The number of phenols is 1. The zero-order valence-electron chi connectivity index (χ0n) is 39.2. The second kappa shape index (κ2) is 19.5. The molecule has 0 saturated carbocycles. The van der Waals surface area contributed by atoms with Gasteiger partial charge in [0.2, 0.25) is 11.7 Å². The lowest BCUT2D eigenvalue weighted by atomic mass is 9.72. The molecule has 4 saturated heterocycles. The highest BCUT2D eigenvalue weighted by atomic mass is 16.8. The number of nitrogens with one attached hydrogen (secondary N) is 2. The quantitative estimate of drug-likeness (QED) is 0.0960. The van der Waals surface area contributed by atoms with Crippen molar-refractivity contribution in [3.63, 3.8) is 0 Å². The first kappa shape index (κ1) is 49.5. The van der Waals surface area contributed by atoms with E-state index in [0.29, 0.717) is 57.8 Å². The van der Waals surface area contributed by atoms with Gasteiger partial charge in [0, 0.05) is 35.7 Å². The fraction of sp³-hybridized carbons (Fsp3) is 0.776. The van der Waals surface area contributed by atoms with Crippen LogP contribution in [0.15, 0.2) is 36.4 Å². The lowest BCUT2D eigenvalue weighted by molar-refractivity contribution is -0.409. The third-order valence-electron chi connectivity index (χ3n) is 15.9. The first-order chi connectivity index (χ1) is 29.7. The molecule has 1 aromatic carbocycles. The number of benzene rings is 1. The highest BCUT2D eigenvalue weighted by molar-refractivity contribution is 5.95. The Morgan fingerprint density at radius 2 is 1.54 bits per heavy atom. The van der Waals surface area contributed by atoms with E-state index in [2.05, 4.69) is 31.6 Å². The minimum atomic E-state index is -1.40. The molecule has 354 valence electrons. The summed E-state index contributed by atoms with van der Waals surface area (Å²) in [6.07, 6.45) is 5.04. The molecule has 6 N–H and O–H groups in total. The van der Waals surface area contributed by atoms with E-state index in [1.807, 2.05) is 41.5 Å². The maximum Gasteiger partial charge on any atom is 0.269 e. The Morgan fingerprint density at radius 3 is 2.17 bits per heavy atom. The van der Waals surface area contributed by atoms with Crippen molar-refractivity contribution in [2.45, 2.75) is 199 Å². The molecule has 14 nitrogen and oxygen atoms in total. The molecule has 5 aliphatic rings. The zero-order valence-corrected chi connectivity index (χ0v) is 39.2. The second-order valence-electron chi connectivity index (χ2n) is 20.1. The number of ether oxygens (including phenoxy) is 5. The van der Waals surface area contributed by atoms with Crippen LogP contribution in [0, 0.1) is 41.4 Å². The molecule has 18 atom stereocenters. The largest absolute Gasteiger partial charge is 0.508 e. The summed E-state index contributed by atoms with van der Waals surface area (Å²) in [6.45, 7) is 19.6. The first-order valence-electron chi connectivity index (χ1n) is 23.8. The van der Waals surface area contributed by atoms with Crippen molar-refractivity contribution in [3.8, 4) is 5.75 Å². The number of hydrazine groups is 1. The fourth-order valence-electron chi connectivity index (χ4n) is 11.4. The predicted molar refractivity (Wildman–Crippen MR) is 235 cm³/mol. The van der Waals surface area contributed by atoms with Crippen LogP contribution in [0.3, 0.4) is 0 Å². The number of aliphatic hydroxyl groups is 3. The van der Waals surface area contributed by atoms with E-state index in [1.165, 1.54) is 24.3 Å². The molecular weight excluding hydrogens is 809 g/mol. The average Bonchev–Trinajstić information content (AvgIpc) is 3.61. The minimum absolute atomic E-state index is 0.0178. The van der Waals surface area contributed by atoms with Gasteiger partial charge >= 0.3 is 0 Å². The maximum atomic E-state index is 14.7. The van der Waals surface area contributed by atoms with Crippen LogP contribution in [0.25, 0.3) is 0 Å². The molecule has 5 heterocycles. The summed E-state index contributed by atoms with van der Waals surface area (Å²) < 4.78 is 33.9. The summed E-state index contributed by atoms with van der Waals surface area (Å²) in [7, 11) is 0. The molecule has 6 rings (SSSR count). The number of hydrogen-bond donors (Lipinski definition) is 6. The van der Waals surface area contributed by atoms with Crippen LogP contribution in [0.5, 0.6) is 5.75 Å². The molecule has 4 fully saturated rings. The summed E-state index contributed by atoms with van der Waals surface area (Å²) in [5.41, 5.74) is 3.61. The van der Waals surface area contributed by atoms with Gasteiger partial charge in [-0.05, 0) is 120 Å². The summed E-state index contributed by atoms with van der Waals surface area (Å²) >= 11 is 0. The minimum Gasteiger partial charge on any atom is -0.508 e. The van der Waals surface area contributed by atoms with E-state index >= 15 is 0 Å². The van der Waals surface area contributed by atoms with Crippen molar-refractivity contribution < 1.29 is 58.5 Å². The summed E-state index contributed by atoms with van der Waals surface area (Å²) in [6, 6.07) is 5.70. The van der Waals surface area contributed by atoms with Gasteiger partial charge in [-0.1, -0.05) is 55.4 Å². The van der Waals surface area contributed by atoms with Crippen LogP contribution in [0.1, 0.15) is 144 Å². The number of Topliss-reactive ketones (excluding diaryl/α,β-unsaturated/α-hetero) is 1. The smallest absolute Gasteiger partial charge is 0.269 e. The molecule has 0 bridgehead atoms. The summed E-state index contributed by atoms with van der Waals surface area (Å²) in [5.74, 6) is -6.09. The predicted octanol–water partition coefficient (Wildman–Crippen LogP) is 6.27. The van der Waals surface area contributed by atoms with Crippen LogP contribution in [-0.4, -0.2) is 104 Å². The van der Waals surface area contributed by atoms with Crippen molar-refractivity contribution in [1.82, 2.24) is 10.9 Å². The zero-order chi connectivity index (χ0) is 46.2. The Hall–Kier alpha value is -2.95. The number of hydrogen-bond acceptors (Lipinski definition) is 12. The van der Waals surface area contributed by atoms with Crippen LogP contribution >= 0.6 is 0 Å². The SMILES string of the molecule is CC[C@@H](C(=O)[C@@H](C)[C@@H](O)[C@H](C)[C@@H]1O[C@@H]([C@@H](CC)C(=O)NNC(=O)c2ccc(O)cc2)CCC1C)[C@H]1O[C@]2(C=C[C@@H](O)[C@]3(CC[C@@](C)([C@H]4CC[C@](O)(CC)[C@H](C)O4)O3)O2)[C@H](C)C[C@@H]1C. The van der Waals surface area contributed by atoms with Crippen molar-refractivity contribution >= 4 is 17.6 Å². The molecule has 63 heavy (non-hydrogen) atoms. The average molecular weight is 885 g/mol. The number of aromatic hydroxyl groups is 1. The van der Waals surface area contributed by atoms with Gasteiger partial charge in [-0.3, -0.25) is 25.2 Å². The van der Waals surface area contributed by atoms with E-state index < -0.39 is 82.9 Å². The molecule has 1 unspecified atom stereocenters. The van der Waals surface area contributed by atoms with Crippen LogP contribution in [0.4, 0.5) is 0 Å². The Balaban J connectivity index is 1.11. The molecule has 0 radical (unpaired) electrons. The number of ketones is 1.